The summed E-state index contributed by atoms with van der Waals surface area (Å²) in [5.74, 6) is 1.63. The summed E-state index contributed by atoms with van der Waals surface area (Å²) in [5.41, 5.74) is 0.378. The van der Waals surface area contributed by atoms with Crippen LogP contribution < -0.4 is 19.5 Å². The average molecular weight is 293 g/mol. The zero-order valence-corrected chi connectivity index (χ0v) is 13.1. The summed E-state index contributed by atoms with van der Waals surface area (Å²) < 4.78 is 15.9. The highest BCUT2D eigenvalue weighted by Gasteiger charge is 2.36. The standard InChI is InChI=1S/C16H23NO4/c1-16(7-5-6-8-16)15(18)17-11-9-12(19-2)14(21-4)13(10-11)20-3/h9-10H,5-8H2,1-4H3,(H,17,18). The summed E-state index contributed by atoms with van der Waals surface area (Å²) in [6, 6.07) is 3.50. The predicted molar refractivity (Wildman–Crippen MR) is 81.3 cm³/mol. The quantitative estimate of drug-likeness (QED) is 0.905. The highest BCUT2D eigenvalue weighted by molar-refractivity contribution is 5.95. The number of methoxy groups -OCH3 is 3. The molecule has 21 heavy (non-hydrogen) atoms. The topological polar surface area (TPSA) is 56.8 Å². The van der Waals surface area contributed by atoms with Crippen molar-refractivity contribution in [3.63, 3.8) is 0 Å². The Morgan fingerprint density at radius 1 is 1.05 bits per heavy atom. The fourth-order valence-electron chi connectivity index (χ4n) is 2.82. The van der Waals surface area contributed by atoms with Crippen LogP contribution >= 0.6 is 0 Å². The Morgan fingerprint density at radius 2 is 1.57 bits per heavy atom. The van der Waals surface area contributed by atoms with Gasteiger partial charge in [-0.2, -0.15) is 0 Å². The first kappa shape index (κ1) is 15.5. The average Bonchev–Trinajstić information content (AvgIpc) is 2.94. The van der Waals surface area contributed by atoms with E-state index in [0.29, 0.717) is 22.9 Å². The molecule has 1 aromatic rings. The van der Waals surface area contributed by atoms with Crippen LogP contribution in [0.5, 0.6) is 17.2 Å². The summed E-state index contributed by atoms with van der Waals surface area (Å²) in [5, 5.41) is 2.97. The van der Waals surface area contributed by atoms with Gasteiger partial charge in [0, 0.05) is 23.2 Å². The molecule has 0 bridgehead atoms. The molecule has 1 aliphatic rings. The van der Waals surface area contributed by atoms with E-state index in [-0.39, 0.29) is 11.3 Å². The van der Waals surface area contributed by atoms with Gasteiger partial charge >= 0.3 is 0 Å². The molecule has 0 unspecified atom stereocenters. The van der Waals surface area contributed by atoms with Crippen LogP contribution in [0.2, 0.25) is 0 Å². The van der Waals surface area contributed by atoms with Gasteiger partial charge in [-0.05, 0) is 12.8 Å². The molecular formula is C16H23NO4. The second kappa shape index (κ2) is 6.24. The minimum absolute atomic E-state index is 0.0503. The van der Waals surface area contributed by atoms with Gasteiger partial charge in [0.15, 0.2) is 11.5 Å². The molecule has 0 heterocycles. The second-order valence-electron chi connectivity index (χ2n) is 5.64. The zero-order valence-electron chi connectivity index (χ0n) is 13.1. The van der Waals surface area contributed by atoms with Crippen LogP contribution in [0, 0.1) is 5.41 Å². The molecule has 0 saturated heterocycles. The molecule has 0 aliphatic heterocycles. The first-order chi connectivity index (χ1) is 10.0. The van der Waals surface area contributed by atoms with E-state index in [0.717, 1.165) is 25.7 Å². The largest absolute Gasteiger partial charge is 0.493 e. The van der Waals surface area contributed by atoms with Gasteiger partial charge in [0.2, 0.25) is 11.7 Å². The number of hydrogen-bond donors (Lipinski definition) is 1. The molecular weight excluding hydrogens is 270 g/mol. The van der Waals surface area contributed by atoms with Crippen molar-refractivity contribution in [2.24, 2.45) is 5.41 Å². The molecule has 1 aromatic carbocycles. The van der Waals surface area contributed by atoms with E-state index in [1.165, 1.54) is 0 Å². The Hall–Kier alpha value is -1.91. The van der Waals surface area contributed by atoms with E-state index in [4.69, 9.17) is 14.2 Å². The van der Waals surface area contributed by atoms with E-state index in [2.05, 4.69) is 5.32 Å². The molecule has 2 rings (SSSR count). The molecule has 0 aromatic heterocycles. The molecule has 5 nitrogen and oxygen atoms in total. The normalized spacial score (nSPS) is 16.4. The third-order valence-corrected chi connectivity index (χ3v) is 4.18. The van der Waals surface area contributed by atoms with Crippen molar-refractivity contribution < 1.29 is 19.0 Å². The molecule has 116 valence electrons. The number of ether oxygens (including phenoxy) is 3. The fourth-order valence-corrected chi connectivity index (χ4v) is 2.82. The molecule has 0 atom stereocenters. The second-order valence-corrected chi connectivity index (χ2v) is 5.64. The van der Waals surface area contributed by atoms with Crippen LogP contribution in [0.1, 0.15) is 32.6 Å². The van der Waals surface area contributed by atoms with Gasteiger partial charge in [0.1, 0.15) is 0 Å². The Balaban J connectivity index is 2.26. The number of carbonyl (C=O) groups excluding carboxylic acids is 1. The van der Waals surface area contributed by atoms with Crippen LogP contribution in [0.15, 0.2) is 12.1 Å². The van der Waals surface area contributed by atoms with E-state index >= 15 is 0 Å². The first-order valence-corrected chi connectivity index (χ1v) is 7.15. The van der Waals surface area contributed by atoms with Crippen molar-refractivity contribution in [2.75, 3.05) is 26.6 Å². The highest BCUT2D eigenvalue weighted by Crippen LogP contribution is 2.42. The Kier molecular flexibility index (Phi) is 4.60. The number of amides is 1. The number of anilines is 1. The Morgan fingerprint density at radius 3 is 2.00 bits per heavy atom. The van der Waals surface area contributed by atoms with Gasteiger partial charge in [-0.25, -0.2) is 0 Å². The molecule has 1 N–H and O–H groups in total. The molecule has 1 saturated carbocycles. The van der Waals surface area contributed by atoms with Gasteiger partial charge in [-0.15, -0.1) is 0 Å². The van der Waals surface area contributed by atoms with Crippen LogP contribution in [0.3, 0.4) is 0 Å². The third kappa shape index (κ3) is 3.06. The number of benzene rings is 1. The van der Waals surface area contributed by atoms with Crippen molar-refractivity contribution in [1.82, 2.24) is 0 Å². The molecule has 1 amide bonds. The van der Waals surface area contributed by atoms with Gasteiger partial charge < -0.3 is 19.5 Å². The summed E-state index contributed by atoms with van der Waals surface area (Å²) in [4.78, 5) is 12.5. The van der Waals surface area contributed by atoms with E-state index in [9.17, 15) is 4.79 Å². The predicted octanol–water partition coefficient (Wildman–Crippen LogP) is 3.23. The smallest absolute Gasteiger partial charge is 0.230 e. The molecule has 5 heteroatoms. The molecule has 0 radical (unpaired) electrons. The van der Waals surface area contributed by atoms with Crippen molar-refractivity contribution in [3.8, 4) is 17.2 Å². The van der Waals surface area contributed by atoms with Gasteiger partial charge in [0.25, 0.3) is 0 Å². The Bertz CT molecular complexity index is 496. The van der Waals surface area contributed by atoms with Crippen molar-refractivity contribution in [3.05, 3.63) is 12.1 Å². The summed E-state index contributed by atoms with van der Waals surface area (Å²) >= 11 is 0. The number of nitrogens with one attached hydrogen (secondary N) is 1. The highest BCUT2D eigenvalue weighted by atomic mass is 16.5. The van der Waals surface area contributed by atoms with E-state index in [1.807, 2.05) is 6.92 Å². The van der Waals surface area contributed by atoms with Crippen molar-refractivity contribution >= 4 is 11.6 Å². The first-order valence-electron chi connectivity index (χ1n) is 7.15. The molecule has 0 spiro atoms. The zero-order chi connectivity index (χ0) is 15.5. The van der Waals surface area contributed by atoms with Crippen molar-refractivity contribution in [2.45, 2.75) is 32.6 Å². The summed E-state index contributed by atoms with van der Waals surface area (Å²) in [6.45, 7) is 2.02. The lowest BCUT2D eigenvalue weighted by Gasteiger charge is -2.23. The van der Waals surface area contributed by atoms with E-state index < -0.39 is 0 Å². The van der Waals surface area contributed by atoms with Crippen LogP contribution in [0.4, 0.5) is 5.69 Å². The third-order valence-electron chi connectivity index (χ3n) is 4.18. The van der Waals surface area contributed by atoms with Crippen LogP contribution in [-0.2, 0) is 4.79 Å². The van der Waals surface area contributed by atoms with Crippen molar-refractivity contribution in [1.29, 1.82) is 0 Å². The SMILES string of the molecule is COc1cc(NC(=O)C2(C)CCCC2)cc(OC)c1OC. The number of rotatable bonds is 5. The summed E-state index contributed by atoms with van der Waals surface area (Å²) in [6.07, 6.45) is 4.09. The maximum absolute atomic E-state index is 12.5. The minimum atomic E-state index is -0.277. The lowest BCUT2D eigenvalue weighted by molar-refractivity contribution is -0.124. The monoisotopic (exact) mass is 293 g/mol. The maximum Gasteiger partial charge on any atom is 0.230 e. The lowest BCUT2D eigenvalue weighted by Crippen LogP contribution is -2.30. The minimum Gasteiger partial charge on any atom is -0.493 e. The Labute approximate surface area is 125 Å². The molecule has 1 aliphatic carbocycles. The fraction of sp³-hybridized carbons (Fsp3) is 0.562. The molecule has 1 fully saturated rings. The van der Waals surface area contributed by atoms with Gasteiger partial charge in [-0.3, -0.25) is 4.79 Å². The number of hydrogen-bond acceptors (Lipinski definition) is 4. The maximum atomic E-state index is 12.5. The van der Waals surface area contributed by atoms with E-state index in [1.54, 1.807) is 33.5 Å². The summed E-state index contributed by atoms with van der Waals surface area (Å²) in [7, 11) is 4.67. The van der Waals surface area contributed by atoms with Crippen LogP contribution in [0.25, 0.3) is 0 Å². The van der Waals surface area contributed by atoms with Gasteiger partial charge in [0.05, 0.1) is 21.3 Å². The van der Waals surface area contributed by atoms with Crippen LogP contribution in [-0.4, -0.2) is 27.2 Å². The number of carbonyl (C=O) groups is 1. The van der Waals surface area contributed by atoms with Gasteiger partial charge in [-0.1, -0.05) is 19.8 Å². The lowest BCUT2D eigenvalue weighted by atomic mass is 9.88.